The van der Waals surface area contributed by atoms with Crippen LogP contribution in [0.15, 0.2) is 18.2 Å². The van der Waals surface area contributed by atoms with E-state index < -0.39 is 74.4 Å². The molecule has 12 nitrogen and oxygen atoms in total. The lowest BCUT2D eigenvalue weighted by atomic mass is 9.90. The number of phenolic OH excluding ortho intramolecular Hbond substituents is 1. The number of aliphatic hydroxyl groups excluding tert-OH is 7. The van der Waals surface area contributed by atoms with Crippen LogP contribution in [0.1, 0.15) is 11.7 Å². The van der Waals surface area contributed by atoms with Crippen LogP contribution in [0.3, 0.4) is 0 Å². The summed E-state index contributed by atoms with van der Waals surface area (Å²) in [5, 5.41) is 80.3. The molecule has 1 aromatic carbocycles. The van der Waals surface area contributed by atoms with E-state index in [1.807, 2.05) is 0 Å². The maximum Gasteiger partial charge on any atom is 0.187 e. The van der Waals surface area contributed by atoms with E-state index in [1.54, 1.807) is 0 Å². The maximum atomic E-state index is 10.8. The lowest BCUT2D eigenvalue weighted by molar-refractivity contribution is -0.342. The Morgan fingerprint density at radius 3 is 2.06 bits per heavy atom. The number of rotatable bonds is 6. The number of aromatic hydroxyl groups is 1. The first kappa shape index (κ1) is 24.1. The highest BCUT2D eigenvalue weighted by atomic mass is 16.7. The Morgan fingerprint density at radius 2 is 1.48 bits per heavy atom. The molecular formula is C19H28O12. The van der Waals surface area contributed by atoms with Gasteiger partial charge in [-0.25, -0.2) is 0 Å². The zero-order chi connectivity index (χ0) is 22.9. The second kappa shape index (κ2) is 9.92. The second-order valence-corrected chi connectivity index (χ2v) is 7.49. The van der Waals surface area contributed by atoms with Crippen molar-refractivity contribution in [1.82, 2.24) is 0 Å². The summed E-state index contributed by atoms with van der Waals surface area (Å²) < 4.78 is 21.4. The van der Waals surface area contributed by atoms with E-state index in [0.29, 0.717) is 5.56 Å². The quantitative estimate of drug-likeness (QED) is 0.216. The molecule has 0 aliphatic carbocycles. The summed E-state index contributed by atoms with van der Waals surface area (Å²) in [6.45, 7) is -1.32. The molecule has 31 heavy (non-hydrogen) atoms. The van der Waals surface area contributed by atoms with E-state index in [1.165, 1.54) is 25.3 Å². The van der Waals surface area contributed by atoms with E-state index in [9.17, 15) is 40.9 Å². The number of hydrogen-bond donors (Lipinski definition) is 8. The van der Waals surface area contributed by atoms with Gasteiger partial charge < -0.3 is 59.8 Å². The van der Waals surface area contributed by atoms with Gasteiger partial charge in [-0.2, -0.15) is 0 Å². The van der Waals surface area contributed by atoms with Gasteiger partial charge >= 0.3 is 0 Å². The molecular weight excluding hydrogens is 420 g/mol. The third-order valence-corrected chi connectivity index (χ3v) is 5.54. The van der Waals surface area contributed by atoms with Crippen molar-refractivity contribution in [2.75, 3.05) is 20.3 Å². The number of ether oxygens (including phenoxy) is 4. The van der Waals surface area contributed by atoms with Crippen LogP contribution < -0.4 is 4.74 Å². The molecule has 0 saturated carbocycles. The molecule has 0 radical (unpaired) electrons. The van der Waals surface area contributed by atoms with Crippen LogP contribution in [-0.2, 0) is 14.2 Å². The van der Waals surface area contributed by atoms with Crippen molar-refractivity contribution in [3.8, 4) is 11.5 Å². The molecule has 2 aliphatic rings. The van der Waals surface area contributed by atoms with Gasteiger partial charge in [0.05, 0.1) is 20.3 Å². The van der Waals surface area contributed by atoms with Gasteiger partial charge in [-0.05, 0) is 17.7 Å². The Hall–Kier alpha value is -1.58. The highest BCUT2D eigenvalue weighted by molar-refractivity contribution is 5.42. The van der Waals surface area contributed by atoms with Gasteiger partial charge in [-0.3, -0.25) is 0 Å². The molecule has 12 heteroatoms. The Morgan fingerprint density at radius 1 is 0.839 bits per heavy atom. The van der Waals surface area contributed by atoms with Gasteiger partial charge in [0.15, 0.2) is 17.8 Å². The average molecular weight is 448 g/mol. The zero-order valence-electron chi connectivity index (χ0n) is 16.6. The highest BCUT2D eigenvalue weighted by Crippen LogP contribution is 2.38. The zero-order valence-corrected chi connectivity index (χ0v) is 16.6. The fourth-order valence-corrected chi connectivity index (χ4v) is 3.74. The summed E-state index contributed by atoms with van der Waals surface area (Å²) in [5.41, 5.74) is 0.290. The monoisotopic (exact) mass is 448 g/mol. The standard InChI is InChI=1S/C19H28O12/c1-28-9-3-2-7(4-8(9)22)17-16(27)18(13(24)11(6-21)29-17)31-19-15(26)14(25)12(23)10(5-20)30-19/h2-4,10-27H,5-6H2,1H3/t10-,11-,12-,13+,14+,15+,16+,17-,18+,19-/m1/s1. The number of aliphatic hydroxyl groups is 7. The Labute approximate surface area is 177 Å². The average Bonchev–Trinajstić information content (AvgIpc) is 2.76. The molecule has 2 aliphatic heterocycles. The van der Waals surface area contributed by atoms with E-state index >= 15 is 0 Å². The minimum absolute atomic E-state index is 0.182. The summed E-state index contributed by atoms with van der Waals surface area (Å²) in [4.78, 5) is 0. The van der Waals surface area contributed by atoms with Crippen LogP contribution in [0, 0.1) is 0 Å². The Balaban J connectivity index is 1.85. The molecule has 2 heterocycles. The van der Waals surface area contributed by atoms with E-state index in [-0.39, 0.29) is 11.5 Å². The molecule has 2 saturated heterocycles. The molecule has 10 atom stereocenters. The molecule has 0 bridgehead atoms. The van der Waals surface area contributed by atoms with Crippen molar-refractivity contribution in [2.45, 2.75) is 61.2 Å². The summed E-state index contributed by atoms with van der Waals surface area (Å²) >= 11 is 0. The van der Waals surface area contributed by atoms with Crippen molar-refractivity contribution < 1.29 is 59.8 Å². The Bertz CT molecular complexity index is 730. The minimum Gasteiger partial charge on any atom is -0.504 e. The highest BCUT2D eigenvalue weighted by Gasteiger charge is 2.50. The van der Waals surface area contributed by atoms with E-state index in [0.717, 1.165) is 0 Å². The van der Waals surface area contributed by atoms with Gasteiger partial charge in [0.2, 0.25) is 0 Å². The molecule has 176 valence electrons. The first-order chi connectivity index (χ1) is 14.7. The lowest BCUT2D eigenvalue weighted by Gasteiger charge is -2.46. The first-order valence-electron chi connectivity index (χ1n) is 9.68. The summed E-state index contributed by atoms with van der Waals surface area (Å²) in [6.07, 6.45) is -14.9. The summed E-state index contributed by atoms with van der Waals surface area (Å²) in [7, 11) is 1.36. The van der Waals surface area contributed by atoms with Crippen molar-refractivity contribution in [3.05, 3.63) is 23.8 Å². The predicted octanol–water partition coefficient (Wildman–Crippen LogP) is -3.26. The number of methoxy groups -OCH3 is 1. The fraction of sp³-hybridized carbons (Fsp3) is 0.684. The van der Waals surface area contributed by atoms with Crippen molar-refractivity contribution in [1.29, 1.82) is 0 Å². The largest absolute Gasteiger partial charge is 0.504 e. The van der Waals surface area contributed by atoms with Gasteiger partial charge in [0.1, 0.15) is 54.9 Å². The molecule has 8 N–H and O–H groups in total. The number of phenols is 1. The number of hydrogen-bond acceptors (Lipinski definition) is 12. The molecule has 0 spiro atoms. The third-order valence-electron chi connectivity index (χ3n) is 5.54. The van der Waals surface area contributed by atoms with Crippen molar-refractivity contribution in [3.63, 3.8) is 0 Å². The third kappa shape index (κ3) is 4.64. The van der Waals surface area contributed by atoms with Gasteiger partial charge in [0.25, 0.3) is 0 Å². The molecule has 3 rings (SSSR count). The lowest BCUT2D eigenvalue weighted by Crippen LogP contribution is -2.63. The Kier molecular flexibility index (Phi) is 7.70. The van der Waals surface area contributed by atoms with Crippen LogP contribution in [0.25, 0.3) is 0 Å². The number of benzene rings is 1. The molecule has 0 amide bonds. The maximum absolute atomic E-state index is 10.8. The van der Waals surface area contributed by atoms with Gasteiger partial charge in [-0.1, -0.05) is 6.07 Å². The van der Waals surface area contributed by atoms with E-state index in [2.05, 4.69) is 0 Å². The first-order valence-corrected chi connectivity index (χ1v) is 9.68. The van der Waals surface area contributed by atoms with Crippen LogP contribution >= 0.6 is 0 Å². The molecule has 0 unspecified atom stereocenters. The minimum atomic E-state index is -1.75. The van der Waals surface area contributed by atoms with Gasteiger partial charge in [-0.15, -0.1) is 0 Å². The predicted molar refractivity (Wildman–Crippen MR) is 100 cm³/mol. The van der Waals surface area contributed by atoms with Crippen molar-refractivity contribution in [2.24, 2.45) is 0 Å². The molecule has 0 aromatic heterocycles. The van der Waals surface area contributed by atoms with Crippen molar-refractivity contribution >= 4 is 0 Å². The fourth-order valence-electron chi connectivity index (χ4n) is 3.74. The van der Waals surface area contributed by atoms with Crippen LogP contribution in [0.2, 0.25) is 0 Å². The second-order valence-electron chi connectivity index (χ2n) is 7.49. The summed E-state index contributed by atoms with van der Waals surface area (Å²) in [5.74, 6) is -0.0456. The van der Waals surface area contributed by atoms with Crippen LogP contribution in [0.5, 0.6) is 11.5 Å². The smallest absolute Gasteiger partial charge is 0.187 e. The molecule has 2 fully saturated rings. The molecule has 1 aromatic rings. The normalized spacial score (nSPS) is 41.2. The van der Waals surface area contributed by atoms with Crippen LogP contribution in [-0.4, -0.2) is 116 Å². The van der Waals surface area contributed by atoms with Crippen LogP contribution in [0.4, 0.5) is 0 Å². The van der Waals surface area contributed by atoms with Gasteiger partial charge in [0, 0.05) is 0 Å². The van der Waals surface area contributed by atoms with E-state index in [4.69, 9.17) is 18.9 Å². The summed E-state index contributed by atoms with van der Waals surface area (Å²) in [6, 6.07) is 4.22. The topological polar surface area (TPSA) is 199 Å². The SMILES string of the molecule is COc1ccc([C@H]2O[C@H](CO)[C@H](O)[C@H](O[C@H]3O[C@H](CO)[C@@H](O)[C@H](O)[C@@H]3O)[C@H]2O)cc1O.